The Morgan fingerprint density at radius 1 is 1.29 bits per heavy atom. The monoisotopic (exact) mass is 358 g/mol. The average Bonchev–Trinajstić information content (AvgIpc) is 3.09. The van der Waals surface area contributed by atoms with Crippen molar-refractivity contribution in [3.63, 3.8) is 0 Å². The van der Waals surface area contributed by atoms with Crippen LogP contribution < -0.4 is 5.11 Å². The number of furan rings is 1. The summed E-state index contributed by atoms with van der Waals surface area (Å²) in [6.45, 7) is 1.46. The van der Waals surface area contributed by atoms with E-state index < -0.39 is 18.4 Å². The number of amides is 1. The topological polar surface area (TPSA) is 73.6 Å². The van der Waals surface area contributed by atoms with Gasteiger partial charge in [-0.15, -0.1) is 0 Å². The molecule has 1 aromatic heterocycles. The number of aliphatic carboxylic acids is 1. The van der Waals surface area contributed by atoms with Crippen LogP contribution in [-0.2, 0) is 9.59 Å². The van der Waals surface area contributed by atoms with E-state index >= 15 is 0 Å². The maximum atomic E-state index is 12.2. The highest BCUT2D eigenvalue weighted by molar-refractivity contribution is 8.26. The van der Waals surface area contributed by atoms with Gasteiger partial charge in [-0.1, -0.05) is 53.8 Å². The third kappa shape index (κ3) is 3.42. The fourth-order valence-corrected chi connectivity index (χ4v) is 3.43. The Bertz CT molecular complexity index is 852. The number of aryl methyl sites for hydroxylation is 1. The van der Waals surface area contributed by atoms with Crippen molar-refractivity contribution < 1.29 is 19.1 Å². The van der Waals surface area contributed by atoms with Gasteiger partial charge in [0.25, 0.3) is 5.91 Å². The molecule has 1 fully saturated rings. The highest BCUT2D eigenvalue weighted by atomic mass is 32.2. The number of thiocarbonyl (C=S) groups is 1. The predicted molar refractivity (Wildman–Crippen MR) is 93.8 cm³/mol. The van der Waals surface area contributed by atoms with Crippen LogP contribution in [0.4, 0.5) is 0 Å². The minimum Gasteiger partial charge on any atom is -0.548 e. The maximum absolute atomic E-state index is 12.2. The van der Waals surface area contributed by atoms with Crippen LogP contribution in [0.25, 0.3) is 17.4 Å². The van der Waals surface area contributed by atoms with Gasteiger partial charge >= 0.3 is 0 Å². The van der Waals surface area contributed by atoms with Gasteiger partial charge in [0.2, 0.25) is 0 Å². The summed E-state index contributed by atoms with van der Waals surface area (Å²) >= 11 is 6.07. The predicted octanol–water partition coefficient (Wildman–Crippen LogP) is 2.21. The molecule has 24 heavy (non-hydrogen) atoms. The molecule has 5 nitrogen and oxygen atoms in total. The van der Waals surface area contributed by atoms with Crippen LogP contribution in [0.3, 0.4) is 0 Å². The minimum atomic E-state index is -1.35. The van der Waals surface area contributed by atoms with Crippen LogP contribution in [0.5, 0.6) is 0 Å². The Labute approximate surface area is 148 Å². The molecule has 1 aliphatic rings. The average molecular weight is 358 g/mol. The lowest BCUT2D eigenvalue weighted by Crippen LogP contribution is -2.40. The second-order valence-electron chi connectivity index (χ2n) is 5.21. The van der Waals surface area contributed by atoms with Gasteiger partial charge in [-0.2, -0.15) is 0 Å². The van der Waals surface area contributed by atoms with Crippen molar-refractivity contribution in [2.75, 3.05) is 6.54 Å². The molecule has 7 heteroatoms. The van der Waals surface area contributed by atoms with Crippen LogP contribution in [0, 0.1) is 6.92 Å². The molecule has 0 N–H and O–H groups in total. The van der Waals surface area contributed by atoms with E-state index in [1.54, 1.807) is 12.1 Å². The molecule has 0 spiro atoms. The van der Waals surface area contributed by atoms with E-state index in [0.29, 0.717) is 16.4 Å². The fraction of sp³-hybridized carbons (Fsp3) is 0.118. The van der Waals surface area contributed by atoms with Crippen molar-refractivity contribution in [3.8, 4) is 11.3 Å². The number of nitrogens with zero attached hydrogens (tertiary/aromatic N) is 1. The lowest BCUT2D eigenvalue weighted by molar-refractivity contribution is -0.305. The fourth-order valence-electron chi connectivity index (χ4n) is 2.20. The molecule has 0 radical (unpaired) electrons. The molecule has 1 saturated heterocycles. The zero-order chi connectivity index (χ0) is 17.3. The first kappa shape index (κ1) is 16.5. The molecule has 1 amide bonds. The number of thioether (sulfide) groups is 1. The van der Waals surface area contributed by atoms with Crippen LogP contribution >= 0.6 is 24.0 Å². The third-order valence-corrected chi connectivity index (χ3v) is 4.77. The molecule has 2 aromatic rings. The normalized spacial score (nSPS) is 16.2. The second kappa shape index (κ2) is 6.62. The molecule has 0 bridgehead atoms. The number of rotatable bonds is 4. The Morgan fingerprint density at radius 3 is 2.67 bits per heavy atom. The van der Waals surface area contributed by atoms with E-state index in [-0.39, 0.29) is 4.32 Å². The molecule has 0 unspecified atom stereocenters. The summed E-state index contributed by atoms with van der Waals surface area (Å²) in [6.07, 6.45) is 1.56. The molecule has 122 valence electrons. The van der Waals surface area contributed by atoms with Crippen LogP contribution in [-0.4, -0.2) is 27.6 Å². The minimum absolute atomic E-state index is 0.195. The smallest absolute Gasteiger partial charge is 0.266 e. The first-order chi connectivity index (χ1) is 11.4. The summed E-state index contributed by atoms with van der Waals surface area (Å²) in [5.41, 5.74) is 2.09. The first-order valence-electron chi connectivity index (χ1n) is 7.06. The lowest BCUT2D eigenvalue weighted by atomic mass is 10.1. The molecular weight excluding hydrogens is 346 g/mol. The van der Waals surface area contributed by atoms with E-state index in [0.717, 1.165) is 27.8 Å². The molecule has 0 saturated carbocycles. The molecule has 0 atom stereocenters. The summed E-state index contributed by atoms with van der Waals surface area (Å²) < 4.78 is 5.93. The van der Waals surface area contributed by atoms with Gasteiger partial charge in [-0.05, 0) is 19.1 Å². The molecule has 3 rings (SSSR count). The van der Waals surface area contributed by atoms with Gasteiger partial charge in [0.05, 0.1) is 17.4 Å². The summed E-state index contributed by atoms with van der Waals surface area (Å²) in [7, 11) is 0. The van der Waals surface area contributed by atoms with Crippen LogP contribution in [0.15, 0.2) is 45.7 Å². The van der Waals surface area contributed by atoms with E-state index in [9.17, 15) is 14.7 Å². The second-order valence-corrected chi connectivity index (χ2v) is 6.88. The molecule has 0 aliphatic carbocycles. The standard InChI is InChI=1S/C17H13NO4S2/c1-10-2-4-11(5-3-10)13-7-6-12(22-13)8-14-16(21)18(9-15(19)20)17(23)24-14/h2-8H,9H2,1H3,(H,19,20)/p-1/b14-8-. The zero-order valence-corrected chi connectivity index (χ0v) is 14.3. The van der Waals surface area contributed by atoms with E-state index in [2.05, 4.69) is 0 Å². The van der Waals surface area contributed by atoms with E-state index in [4.69, 9.17) is 16.6 Å². The number of hydrogen-bond acceptors (Lipinski definition) is 6. The zero-order valence-electron chi connectivity index (χ0n) is 12.6. The molecular formula is C17H12NO4S2-. The molecule has 1 aromatic carbocycles. The van der Waals surface area contributed by atoms with E-state index in [1.807, 2.05) is 37.3 Å². The highest BCUT2D eigenvalue weighted by Gasteiger charge is 2.32. The van der Waals surface area contributed by atoms with Gasteiger partial charge in [-0.25, -0.2) is 0 Å². The van der Waals surface area contributed by atoms with Crippen molar-refractivity contribution in [1.29, 1.82) is 0 Å². The van der Waals surface area contributed by atoms with Crippen LogP contribution in [0.1, 0.15) is 11.3 Å². The third-order valence-electron chi connectivity index (χ3n) is 3.40. The summed E-state index contributed by atoms with van der Waals surface area (Å²) in [6, 6.07) is 11.5. The maximum Gasteiger partial charge on any atom is 0.266 e. The Hall–Kier alpha value is -2.38. The number of carbonyl (C=O) groups excluding carboxylic acids is 2. The number of carboxylic acid groups (broad SMARTS) is 1. The lowest BCUT2D eigenvalue weighted by Gasteiger charge is -2.14. The van der Waals surface area contributed by atoms with Crippen molar-refractivity contribution in [1.82, 2.24) is 4.90 Å². The van der Waals surface area contributed by atoms with Gasteiger partial charge in [-0.3, -0.25) is 9.69 Å². The van der Waals surface area contributed by atoms with Gasteiger partial charge in [0.15, 0.2) is 0 Å². The Kier molecular flexibility index (Phi) is 4.55. The Balaban J connectivity index is 1.82. The van der Waals surface area contributed by atoms with Gasteiger partial charge < -0.3 is 14.3 Å². The van der Waals surface area contributed by atoms with Crippen molar-refractivity contribution in [2.45, 2.75) is 6.92 Å². The van der Waals surface area contributed by atoms with Crippen molar-refractivity contribution in [3.05, 3.63) is 52.6 Å². The quantitative estimate of drug-likeness (QED) is 0.616. The first-order valence-corrected chi connectivity index (χ1v) is 8.28. The van der Waals surface area contributed by atoms with Crippen molar-refractivity contribution >= 4 is 46.3 Å². The number of benzene rings is 1. The van der Waals surface area contributed by atoms with Gasteiger partial charge in [0, 0.05) is 11.6 Å². The summed E-state index contributed by atoms with van der Waals surface area (Å²) in [5, 5.41) is 10.7. The SMILES string of the molecule is Cc1ccc(-c2ccc(/C=C3\SC(=S)N(CC(=O)[O-])C3=O)o2)cc1. The Morgan fingerprint density at radius 2 is 2.00 bits per heavy atom. The van der Waals surface area contributed by atoms with E-state index in [1.165, 1.54) is 0 Å². The van der Waals surface area contributed by atoms with Crippen molar-refractivity contribution in [2.24, 2.45) is 0 Å². The largest absolute Gasteiger partial charge is 0.548 e. The summed E-state index contributed by atoms with van der Waals surface area (Å²) in [4.78, 5) is 24.2. The summed E-state index contributed by atoms with van der Waals surface area (Å²) in [5.74, 6) is -0.624. The number of carbonyl (C=O) groups is 2. The van der Waals surface area contributed by atoms with Gasteiger partial charge in [0.1, 0.15) is 15.8 Å². The highest BCUT2D eigenvalue weighted by Crippen LogP contribution is 2.33. The molecule has 2 heterocycles. The van der Waals surface area contributed by atoms with Crippen LogP contribution in [0.2, 0.25) is 0 Å². The number of hydrogen-bond donors (Lipinski definition) is 0. The number of carboxylic acids is 1. The molecule has 1 aliphatic heterocycles.